The molecule has 0 aliphatic rings. The van der Waals surface area contributed by atoms with Gasteiger partial charge in [-0.25, -0.2) is 4.39 Å². The number of nitrogen functional groups attached to an aromatic ring is 1. The Balaban J connectivity index is 2.19. The van der Waals surface area contributed by atoms with Gasteiger partial charge in [0.1, 0.15) is 18.2 Å². The Morgan fingerprint density at radius 1 is 1.16 bits per heavy atom. The van der Waals surface area contributed by atoms with E-state index in [0.717, 1.165) is 22.6 Å². The second-order valence-electron chi connectivity index (χ2n) is 4.50. The molecule has 2 nitrogen and oxygen atoms in total. The minimum Gasteiger partial charge on any atom is -0.489 e. The van der Waals surface area contributed by atoms with Crippen molar-refractivity contribution in [1.29, 1.82) is 0 Å². The summed E-state index contributed by atoms with van der Waals surface area (Å²) >= 11 is 5.99. The van der Waals surface area contributed by atoms with Crippen molar-refractivity contribution in [3.05, 3.63) is 57.9 Å². The predicted octanol–water partition coefficient (Wildman–Crippen LogP) is 4.26. The molecule has 2 N–H and O–H groups in total. The molecule has 100 valence electrons. The van der Waals surface area contributed by atoms with Gasteiger partial charge in [-0.3, -0.25) is 0 Å². The van der Waals surface area contributed by atoms with Gasteiger partial charge < -0.3 is 10.5 Å². The van der Waals surface area contributed by atoms with Gasteiger partial charge >= 0.3 is 0 Å². The quantitative estimate of drug-likeness (QED) is 0.852. The van der Waals surface area contributed by atoms with Gasteiger partial charge in [-0.05, 0) is 55.3 Å². The van der Waals surface area contributed by atoms with Crippen molar-refractivity contribution >= 4 is 17.3 Å². The fourth-order valence-electron chi connectivity index (χ4n) is 1.78. The van der Waals surface area contributed by atoms with E-state index in [4.69, 9.17) is 22.1 Å². The second kappa shape index (κ2) is 5.49. The van der Waals surface area contributed by atoms with Crippen LogP contribution >= 0.6 is 11.6 Å². The van der Waals surface area contributed by atoms with E-state index in [1.807, 2.05) is 26.0 Å². The first-order valence-electron chi connectivity index (χ1n) is 5.91. The number of ether oxygens (including phenoxy) is 1. The van der Waals surface area contributed by atoms with E-state index < -0.39 is 0 Å². The Kier molecular flexibility index (Phi) is 3.96. The zero-order valence-corrected chi connectivity index (χ0v) is 11.6. The van der Waals surface area contributed by atoms with Crippen molar-refractivity contribution in [1.82, 2.24) is 0 Å². The van der Waals surface area contributed by atoms with Crippen LogP contribution in [0.15, 0.2) is 30.3 Å². The first-order valence-corrected chi connectivity index (χ1v) is 6.28. The lowest BCUT2D eigenvalue weighted by Crippen LogP contribution is -2.00. The van der Waals surface area contributed by atoms with Crippen molar-refractivity contribution in [2.75, 3.05) is 5.73 Å². The molecule has 2 aromatic rings. The largest absolute Gasteiger partial charge is 0.489 e. The van der Waals surface area contributed by atoms with E-state index in [-0.39, 0.29) is 12.4 Å². The van der Waals surface area contributed by atoms with E-state index >= 15 is 0 Å². The minimum atomic E-state index is -0.326. The highest BCUT2D eigenvalue weighted by Gasteiger charge is 2.06. The summed E-state index contributed by atoms with van der Waals surface area (Å²) in [5, 5.41) is 0.492. The highest BCUT2D eigenvalue weighted by Crippen LogP contribution is 2.26. The molecule has 2 rings (SSSR count). The molecule has 0 radical (unpaired) electrons. The zero-order chi connectivity index (χ0) is 14.0. The molecule has 0 unspecified atom stereocenters. The molecule has 19 heavy (non-hydrogen) atoms. The summed E-state index contributed by atoms with van der Waals surface area (Å²) in [5.74, 6) is 0.403. The van der Waals surface area contributed by atoms with E-state index in [2.05, 4.69) is 0 Å². The molecular formula is C15H15ClFNO. The van der Waals surface area contributed by atoms with Crippen molar-refractivity contribution in [3.8, 4) is 5.75 Å². The maximum absolute atomic E-state index is 13.1. The monoisotopic (exact) mass is 279 g/mol. The van der Waals surface area contributed by atoms with Crippen molar-refractivity contribution in [2.45, 2.75) is 20.5 Å². The lowest BCUT2D eigenvalue weighted by molar-refractivity contribution is 0.303. The Labute approximate surface area is 117 Å². The van der Waals surface area contributed by atoms with Gasteiger partial charge in [0, 0.05) is 16.3 Å². The van der Waals surface area contributed by atoms with E-state index in [1.54, 1.807) is 0 Å². The van der Waals surface area contributed by atoms with E-state index in [9.17, 15) is 4.39 Å². The van der Waals surface area contributed by atoms with Crippen molar-refractivity contribution < 1.29 is 9.13 Å². The third-order valence-corrected chi connectivity index (χ3v) is 3.32. The molecule has 0 bridgehead atoms. The summed E-state index contributed by atoms with van der Waals surface area (Å²) in [7, 11) is 0. The molecule has 0 amide bonds. The Bertz CT molecular complexity index is 613. The van der Waals surface area contributed by atoms with Crippen LogP contribution in [0.5, 0.6) is 5.75 Å². The summed E-state index contributed by atoms with van der Waals surface area (Å²) in [5.41, 5.74) is 9.06. The van der Waals surface area contributed by atoms with Crippen LogP contribution in [0.25, 0.3) is 0 Å². The highest BCUT2D eigenvalue weighted by molar-refractivity contribution is 6.31. The molecule has 0 saturated heterocycles. The summed E-state index contributed by atoms with van der Waals surface area (Å²) in [6, 6.07) is 7.96. The van der Waals surface area contributed by atoms with E-state index in [1.165, 1.54) is 18.2 Å². The number of rotatable bonds is 3. The molecule has 0 atom stereocenters. The summed E-state index contributed by atoms with van der Waals surface area (Å²) in [6.45, 7) is 4.05. The third kappa shape index (κ3) is 3.18. The van der Waals surface area contributed by atoms with Gasteiger partial charge in [0.25, 0.3) is 0 Å². The molecule has 2 aromatic carbocycles. The average molecular weight is 280 g/mol. The molecule has 0 aliphatic heterocycles. The first-order chi connectivity index (χ1) is 8.97. The van der Waals surface area contributed by atoms with Crippen molar-refractivity contribution in [3.63, 3.8) is 0 Å². The van der Waals surface area contributed by atoms with Crippen LogP contribution < -0.4 is 10.5 Å². The summed E-state index contributed by atoms with van der Waals surface area (Å²) in [4.78, 5) is 0. The van der Waals surface area contributed by atoms with Gasteiger partial charge in [0.2, 0.25) is 0 Å². The third-order valence-electron chi connectivity index (χ3n) is 2.95. The molecule has 0 spiro atoms. The van der Waals surface area contributed by atoms with Gasteiger partial charge in [-0.1, -0.05) is 11.6 Å². The number of benzene rings is 2. The number of hydrogen-bond donors (Lipinski definition) is 1. The zero-order valence-electron chi connectivity index (χ0n) is 10.8. The fourth-order valence-corrected chi connectivity index (χ4v) is 1.95. The Morgan fingerprint density at radius 3 is 2.63 bits per heavy atom. The Hall–Kier alpha value is -1.74. The average Bonchev–Trinajstić information content (AvgIpc) is 2.36. The topological polar surface area (TPSA) is 35.2 Å². The molecule has 4 heteroatoms. The van der Waals surface area contributed by atoms with Crippen LogP contribution in [0.1, 0.15) is 16.7 Å². The molecule has 0 saturated carbocycles. The predicted molar refractivity (Wildman–Crippen MR) is 76.1 cm³/mol. The maximum atomic E-state index is 13.1. The lowest BCUT2D eigenvalue weighted by atomic mass is 10.1. The number of nitrogens with two attached hydrogens (primary N) is 1. The van der Waals surface area contributed by atoms with Crippen molar-refractivity contribution in [2.24, 2.45) is 0 Å². The van der Waals surface area contributed by atoms with Gasteiger partial charge in [0.05, 0.1) is 0 Å². The van der Waals surface area contributed by atoms with Gasteiger partial charge in [-0.15, -0.1) is 0 Å². The maximum Gasteiger partial charge on any atom is 0.123 e. The number of anilines is 1. The van der Waals surface area contributed by atoms with Crippen LogP contribution in [-0.4, -0.2) is 0 Å². The fraction of sp³-hybridized carbons (Fsp3) is 0.200. The SMILES string of the molecule is Cc1cc(OCc2cc(F)ccc2Cl)c(C)cc1N. The highest BCUT2D eigenvalue weighted by atomic mass is 35.5. The van der Waals surface area contributed by atoms with Crippen LogP contribution in [0, 0.1) is 19.7 Å². The van der Waals surface area contributed by atoms with Crippen LogP contribution in [0.2, 0.25) is 5.02 Å². The standard InChI is InChI=1S/C15H15ClFNO/c1-9-6-15(10(2)5-14(9)18)19-8-11-7-12(17)3-4-13(11)16/h3-7H,8,18H2,1-2H3. The lowest BCUT2D eigenvalue weighted by Gasteiger charge is -2.12. The summed E-state index contributed by atoms with van der Waals surface area (Å²) < 4.78 is 18.8. The number of halogens is 2. The molecule has 0 heterocycles. The Morgan fingerprint density at radius 2 is 1.89 bits per heavy atom. The minimum absolute atomic E-state index is 0.223. The first kappa shape index (κ1) is 13.7. The smallest absolute Gasteiger partial charge is 0.123 e. The molecule has 0 aliphatic carbocycles. The molecule has 0 aromatic heterocycles. The molecule has 0 fully saturated rings. The second-order valence-corrected chi connectivity index (χ2v) is 4.91. The van der Waals surface area contributed by atoms with Crippen LogP contribution in [-0.2, 0) is 6.61 Å². The van der Waals surface area contributed by atoms with E-state index in [0.29, 0.717) is 10.6 Å². The normalized spacial score (nSPS) is 10.5. The van der Waals surface area contributed by atoms with Crippen LogP contribution in [0.4, 0.5) is 10.1 Å². The van der Waals surface area contributed by atoms with Gasteiger partial charge in [-0.2, -0.15) is 0 Å². The van der Waals surface area contributed by atoms with Gasteiger partial charge in [0.15, 0.2) is 0 Å². The number of hydrogen-bond acceptors (Lipinski definition) is 2. The number of aryl methyl sites for hydroxylation is 2. The molecular weight excluding hydrogens is 265 g/mol. The summed E-state index contributed by atoms with van der Waals surface area (Å²) in [6.07, 6.45) is 0. The van der Waals surface area contributed by atoms with Crippen LogP contribution in [0.3, 0.4) is 0 Å².